The van der Waals surface area contributed by atoms with Gasteiger partial charge in [-0.15, -0.1) is 0 Å². The molecule has 0 radical (unpaired) electrons. The molecule has 1 aromatic carbocycles. The minimum Gasteiger partial charge on any atom is -0.482 e. The van der Waals surface area contributed by atoms with Crippen molar-refractivity contribution < 1.29 is 38.4 Å². The maximum Gasteiger partial charge on any atom is 0.341 e. The zero-order chi connectivity index (χ0) is 23.7. The number of esters is 1. The first kappa shape index (κ1) is 24.6. The summed E-state index contributed by atoms with van der Waals surface area (Å²) in [6.45, 7) is 4.98. The molecule has 0 fully saturated rings. The Hall–Kier alpha value is -3.66. The summed E-state index contributed by atoms with van der Waals surface area (Å²) in [7, 11) is 1.23. The quantitative estimate of drug-likeness (QED) is 0.528. The Bertz CT molecular complexity index is 938. The monoisotopic (exact) mass is 446 g/mol. The highest BCUT2D eigenvalue weighted by atomic mass is 16.5. The number of nitrogens with zero attached hydrogens (tertiary/aromatic N) is 1. The number of aliphatic carboxylic acids is 1. The molecule has 10 nitrogen and oxygen atoms in total. The number of hydrogen-bond acceptors (Lipinski definition) is 8. The van der Waals surface area contributed by atoms with E-state index in [0.717, 1.165) is 0 Å². The van der Waals surface area contributed by atoms with E-state index in [-0.39, 0.29) is 18.1 Å². The van der Waals surface area contributed by atoms with Crippen molar-refractivity contribution in [3.63, 3.8) is 0 Å². The third-order valence-corrected chi connectivity index (χ3v) is 3.86. The van der Waals surface area contributed by atoms with E-state index < -0.39 is 36.1 Å². The van der Waals surface area contributed by atoms with Gasteiger partial charge >= 0.3 is 11.9 Å². The number of carboxylic acids is 1. The summed E-state index contributed by atoms with van der Waals surface area (Å²) in [5.41, 5.74) is -0.284. The number of nitrogens with one attached hydrogen (secondary N) is 1. The first-order valence-electron chi connectivity index (χ1n) is 9.68. The van der Waals surface area contributed by atoms with Gasteiger partial charge in [0.05, 0.1) is 24.9 Å². The van der Waals surface area contributed by atoms with Gasteiger partial charge in [-0.05, 0) is 39.0 Å². The van der Waals surface area contributed by atoms with Crippen molar-refractivity contribution in [2.75, 3.05) is 20.3 Å². The van der Waals surface area contributed by atoms with E-state index in [1.165, 1.54) is 31.5 Å². The van der Waals surface area contributed by atoms with Crippen LogP contribution in [0.1, 0.15) is 31.1 Å². The largest absolute Gasteiger partial charge is 0.482 e. The third kappa shape index (κ3) is 8.23. The maximum atomic E-state index is 12.5. The molecule has 1 amide bonds. The van der Waals surface area contributed by atoms with Crippen LogP contribution < -0.4 is 14.8 Å². The van der Waals surface area contributed by atoms with Gasteiger partial charge < -0.3 is 29.4 Å². The summed E-state index contributed by atoms with van der Waals surface area (Å²) < 4.78 is 21.0. The van der Waals surface area contributed by atoms with Gasteiger partial charge in [-0.25, -0.2) is 14.6 Å². The highest BCUT2D eigenvalue weighted by Crippen LogP contribution is 2.24. The third-order valence-electron chi connectivity index (χ3n) is 3.86. The number of carbonyl (C=O) groups excluding carboxylic acids is 2. The zero-order valence-corrected chi connectivity index (χ0v) is 18.3. The number of rotatable bonds is 10. The van der Waals surface area contributed by atoms with Crippen LogP contribution in [0.2, 0.25) is 0 Å². The molecule has 0 spiro atoms. The van der Waals surface area contributed by atoms with Crippen molar-refractivity contribution in [2.24, 2.45) is 0 Å². The number of pyridine rings is 1. The smallest absolute Gasteiger partial charge is 0.341 e. The number of methoxy groups -OCH3 is 1. The van der Waals surface area contributed by atoms with E-state index in [2.05, 4.69) is 10.3 Å². The Morgan fingerprint density at radius 1 is 1.12 bits per heavy atom. The number of aromatic nitrogens is 1. The summed E-state index contributed by atoms with van der Waals surface area (Å²) in [6, 6.07) is 8.39. The number of ether oxygens (including phenoxy) is 4. The number of carbonyl (C=O) groups is 3. The molecular weight excluding hydrogens is 420 g/mol. The van der Waals surface area contributed by atoms with Crippen molar-refractivity contribution in [2.45, 2.75) is 32.4 Å². The lowest BCUT2D eigenvalue weighted by molar-refractivity contribution is -0.146. The number of amides is 1. The molecule has 2 aromatic rings. The average Bonchev–Trinajstić information content (AvgIpc) is 2.74. The molecule has 2 rings (SSSR count). The summed E-state index contributed by atoms with van der Waals surface area (Å²) >= 11 is 0. The first-order valence-corrected chi connectivity index (χ1v) is 9.68. The molecule has 0 saturated heterocycles. The highest BCUT2D eigenvalue weighted by Gasteiger charge is 2.25. The summed E-state index contributed by atoms with van der Waals surface area (Å²) in [4.78, 5) is 39.2. The van der Waals surface area contributed by atoms with E-state index in [1.807, 2.05) is 20.8 Å². The molecule has 2 N–H and O–H groups in total. The SMILES string of the molecule is COC(=O)C(COC(C)(C)C)NC(=O)c1ccc(Oc2cccc(OCC(=O)O)c2)nc1. The van der Waals surface area contributed by atoms with Gasteiger partial charge in [0.2, 0.25) is 5.88 Å². The molecule has 1 heterocycles. The van der Waals surface area contributed by atoms with E-state index >= 15 is 0 Å². The fourth-order valence-electron chi connectivity index (χ4n) is 2.35. The molecule has 1 aromatic heterocycles. The topological polar surface area (TPSA) is 133 Å². The van der Waals surface area contributed by atoms with Gasteiger partial charge in [0.25, 0.3) is 5.91 Å². The molecule has 32 heavy (non-hydrogen) atoms. The molecule has 0 aliphatic carbocycles. The van der Waals surface area contributed by atoms with E-state index in [4.69, 9.17) is 24.1 Å². The molecule has 1 unspecified atom stereocenters. The van der Waals surface area contributed by atoms with Crippen LogP contribution in [0.15, 0.2) is 42.6 Å². The van der Waals surface area contributed by atoms with Crippen LogP contribution in [0, 0.1) is 0 Å². The van der Waals surface area contributed by atoms with Gasteiger partial charge in [-0.3, -0.25) is 4.79 Å². The standard InChI is InChI=1S/C22H26N2O8/c1-22(2,3)31-12-17(21(28)29-4)24-20(27)14-8-9-18(23-11-14)32-16-7-5-6-15(10-16)30-13-19(25)26/h5-11,17H,12-13H2,1-4H3,(H,24,27)(H,25,26). The van der Waals surface area contributed by atoms with Crippen molar-refractivity contribution in [3.8, 4) is 17.4 Å². The van der Waals surface area contributed by atoms with Crippen molar-refractivity contribution in [1.29, 1.82) is 0 Å². The molecule has 0 aliphatic heterocycles. The second kappa shape index (κ2) is 11.1. The number of carboxylic acid groups (broad SMARTS) is 1. The maximum absolute atomic E-state index is 12.5. The Morgan fingerprint density at radius 2 is 1.84 bits per heavy atom. The minimum atomic E-state index is -1.09. The molecule has 172 valence electrons. The lowest BCUT2D eigenvalue weighted by Gasteiger charge is -2.23. The van der Waals surface area contributed by atoms with E-state index in [9.17, 15) is 14.4 Å². The van der Waals surface area contributed by atoms with E-state index in [0.29, 0.717) is 11.5 Å². The number of hydrogen-bond donors (Lipinski definition) is 2. The lowest BCUT2D eigenvalue weighted by Crippen LogP contribution is -2.46. The second-order valence-corrected chi connectivity index (χ2v) is 7.62. The molecule has 0 aliphatic rings. The Labute approximate surface area is 185 Å². The Morgan fingerprint density at radius 3 is 2.44 bits per heavy atom. The second-order valence-electron chi connectivity index (χ2n) is 7.62. The van der Waals surface area contributed by atoms with Crippen LogP contribution in [0.4, 0.5) is 0 Å². The molecule has 10 heteroatoms. The zero-order valence-electron chi connectivity index (χ0n) is 18.3. The normalized spacial score (nSPS) is 11.9. The first-order chi connectivity index (χ1) is 15.1. The Kier molecular flexibility index (Phi) is 8.54. The van der Waals surface area contributed by atoms with Gasteiger partial charge in [-0.1, -0.05) is 6.07 Å². The van der Waals surface area contributed by atoms with Crippen LogP contribution in [0.3, 0.4) is 0 Å². The van der Waals surface area contributed by atoms with E-state index in [1.54, 1.807) is 18.2 Å². The van der Waals surface area contributed by atoms with Crippen LogP contribution in [-0.2, 0) is 19.1 Å². The van der Waals surface area contributed by atoms with Gasteiger partial charge in [0.1, 0.15) is 11.5 Å². The van der Waals surface area contributed by atoms with Crippen LogP contribution in [-0.4, -0.2) is 59.9 Å². The number of benzene rings is 1. The van der Waals surface area contributed by atoms with Crippen molar-refractivity contribution in [3.05, 3.63) is 48.2 Å². The molecular formula is C22H26N2O8. The van der Waals surface area contributed by atoms with Gasteiger partial charge in [0.15, 0.2) is 12.6 Å². The highest BCUT2D eigenvalue weighted by molar-refractivity contribution is 5.96. The Balaban J connectivity index is 2.01. The summed E-state index contributed by atoms with van der Waals surface area (Å²) in [5, 5.41) is 11.3. The van der Waals surface area contributed by atoms with Crippen LogP contribution in [0.5, 0.6) is 17.4 Å². The fourth-order valence-corrected chi connectivity index (χ4v) is 2.35. The van der Waals surface area contributed by atoms with Gasteiger partial charge in [-0.2, -0.15) is 0 Å². The van der Waals surface area contributed by atoms with Crippen molar-refractivity contribution >= 4 is 17.8 Å². The predicted octanol–water partition coefficient (Wildman–Crippen LogP) is 2.42. The van der Waals surface area contributed by atoms with Crippen LogP contribution >= 0.6 is 0 Å². The fraction of sp³-hybridized carbons (Fsp3) is 0.364. The average molecular weight is 446 g/mol. The lowest BCUT2D eigenvalue weighted by atomic mass is 10.2. The molecule has 0 saturated carbocycles. The summed E-state index contributed by atoms with van der Waals surface area (Å²) in [5.74, 6) is -1.33. The van der Waals surface area contributed by atoms with Crippen molar-refractivity contribution in [1.82, 2.24) is 10.3 Å². The van der Waals surface area contributed by atoms with Crippen LogP contribution in [0.25, 0.3) is 0 Å². The molecule has 0 bridgehead atoms. The van der Waals surface area contributed by atoms with Gasteiger partial charge in [0, 0.05) is 18.3 Å². The predicted molar refractivity (Wildman–Crippen MR) is 113 cm³/mol. The minimum absolute atomic E-state index is 0.0448. The summed E-state index contributed by atoms with van der Waals surface area (Å²) in [6.07, 6.45) is 1.30. The molecule has 1 atom stereocenters.